The van der Waals surface area contributed by atoms with Crippen LogP contribution in [0.25, 0.3) is 0 Å². The van der Waals surface area contributed by atoms with Crippen molar-refractivity contribution in [2.45, 2.75) is 39.3 Å². The van der Waals surface area contributed by atoms with Crippen LogP contribution < -0.4 is 0 Å². The predicted octanol–water partition coefficient (Wildman–Crippen LogP) is 2.09. The number of hydrogen-bond acceptors (Lipinski definition) is 2. The molecule has 0 radical (unpaired) electrons. The summed E-state index contributed by atoms with van der Waals surface area (Å²) in [5.41, 5.74) is 0. The van der Waals surface area contributed by atoms with Gasteiger partial charge in [-0.05, 0) is 28.2 Å². The van der Waals surface area contributed by atoms with E-state index in [2.05, 4.69) is 108 Å². The number of hydrogen-bond donors (Lipinski definition) is 0. The molecule has 0 N–H and O–H groups in total. The van der Waals surface area contributed by atoms with Gasteiger partial charge in [0.25, 0.3) is 0 Å². The molecule has 0 saturated carbocycles. The molecule has 0 aliphatic carbocycles. The van der Waals surface area contributed by atoms with Crippen molar-refractivity contribution >= 4 is 44.1 Å². The minimum absolute atomic E-state index is 0. The first-order valence-corrected chi connectivity index (χ1v) is 18.3. The van der Waals surface area contributed by atoms with Crippen LogP contribution >= 0.6 is 0 Å². The SMILES string of the molecule is CN(C)CCN(C)C.C[Si](C)(C)[Se-].C[Si](C)(C)[Se-].[Zn+2]. The topological polar surface area (TPSA) is 6.48 Å². The van der Waals surface area contributed by atoms with Gasteiger partial charge in [-0.2, -0.15) is 0 Å². The Bertz CT molecular complexity index is 150. The molecule has 0 unspecified atom stereocenters. The summed E-state index contributed by atoms with van der Waals surface area (Å²) in [5.74, 6) is 0. The molecule has 0 saturated heterocycles. The first kappa shape index (κ1) is 29.1. The molecule has 0 aromatic heterocycles. The van der Waals surface area contributed by atoms with Gasteiger partial charge >= 0.3 is 103 Å². The summed E-state index contributed by atoms with van der Waals surface area (Å²) in [6.07, 6.45) is 0. The van der Waals surface area contributed by atoms with E-state index in [-0.39, 0.29) is 19.5 Å². The molecule has 0 aliphatic heterocycles. The molecule has 0 amide bonds. The van der Waals surface area contributed by atoms with E-state index in [0.29, 0.717) is 0 Å². The second kappa shape index (κ2) is 14.9. The van der Waals surface area contributed by atoms with Crippen LogP contribution in [0.1, 0.15) is 0 Å². The maximum absolute atomic E-state index is 3.12. The monoisotopic (exact) mass is 486 g/mol. The second-order valence-electron chi connectivity index (χ2n) is 6.83. The summed E-state index contributed by atoms with van der Waals surface area (Å²) in [6, 6.07) is 0. The molecule has 19 heavy (non-hydrogen) atoms. The largest absolute Gasteiger partial charge is 2.00 e. The van der Waals surface area contributed by atoms with Crippen LogP contribution in [0, 0.1) is 0 Å². The molecule has 0 aromatic rings. The average molecular weight is 486 g/mol. The first-order chi connectivity index (χ1) is 7.63. The third-order valence-corrected chi connectivity index (χ3v) is 0.994. The molecule has 0 aliphatic rings. The molecule has 0 rings (SSSR count). The fourth-order valence-electron chi connectivity index (χ4n) is 0.400. The van der Waals surface area contributed by atoms with E-state index in [1.165, 1.54) is 0 Å². The Morgan fingerprint density at radius 1 is 0.632 bits per heavy atom. The van der Waals surface area contributed by atoms with Crippen molar-refractivity contribution < 1.29 is 19.5 Å². The van der Waals surface area contributed by atoms with Gasteiger partial charge in [0.15, 0.2) is 0 Å². The third-order valence-electron chi connectivity index (χ3n) is 0.994. The number of rotatable bonds is 3. The fraction of sp³-hybridized carbons (Fsp3) is 1.00. The Morgan fingerprint density at radius 2 is 0.737 bits per heavy atom. The summed E-state index contributed by atoms with van der Waals surface area (Å²) >= 11 is 6.24. The van der Waals surface area contributed by atoms with Gasteiger partial charge in [-0.3, -0.25) is 0 Å². The molecule has 0 heterocycles. The van der Waals surface area contributed by atoms with Gasteiger partial charge in [-0.1, -0.05) is 0 Å². The van der Waals surface area contributed by atoms with E-state index in [0.717, 1.165) is 13.1 Å². The third kappa shape index (κ3) is 132. The quantitative estimate of drug-likeness (QED) is 0.565. The van der Waals surface area contributed by atoms with E-state index in [9.17, 15) is 0 Å². The smallest absolute Gasteiger partial charge is 2.00 e. The Morgan fingerprint density at radius 3 is 0.789 bits per heavy atom. The summed E-state index contributed by atoms with van der Waals surface area (Å²) in [5, 5.41) is 0. The molecule has 7 heteroatoms. The van der Waals surface area contributed by atoms with Gasteiger partial charge in [0, 0.05) is 13.1 Å². The van der Waals surface area contributed by atoms with Gasteiger partial charge in [0.2, 0.25) is 0 Å². The van der Waals surface area contributed by atoms with Gasteiger partial charge in [-0.15, -0.1) is 0 Å². The van der Waals surface area contributed by atoms with Crippen LogP contribution in [0.3, 0.4) is 0 Å². The Labute approximate surface area is 153 Å². The zero-order valence-corrected chi connectivity index (χ0v) is 23.2. The molecule has 0 aromatic carbocycles. The molecule has 2 nitrogen and oxygen atoms in total. The molecule has 0 fully saturated rings. The summed E-state index contributed by atoms with van der Waals surface area (Å²) in [7, 11) is 8.35. The minimum Gasteiger partial charge on any atom is 2.00 e. The molecular formula is C12H34N2Se2Si2Zn. The van der Waals surface area contributed by atoms with Crippen molar-refractivity contribution in [3.8, 4) is 0 Å². The van der Waals surface area contributed by atoms with Crippen molar-refractivity contribution in [1.82, 2.24) is 9.80 Å². The van der Waals surface area contributed by atoms with Crippen LogP contribution in [0.15, 0.2) is 0 Å². The van der Waals surface area contributed by atoms with Crippen molar-refractivity contribution in [3.63, 3.8) is 0 Å². The first-order valence-electron chi connectivity index (χ1n) is 6.33. The van der Waals surface area contributed by atoms with Crippen LogP contribution in [0.5, 0.6) is 0 Å². The number of nitrogens with zero attached hydrogens (tertiary/aromatic N) is 2. The van der Waals surface area contributed by atoms with Gasteiger partial charge in [-0.25, -0.2) is 0 Å². The van der Waals surface area contributed by atoms with E-state index >= 15 is 0 Å². The average Bonchev–Trinajstić information content (AvgIpc) is 1.93. The van der Waals surface area contributed by atoms with Gasteiger partial charge in [0.05, 0.1) is 0 Å². The zero-order valence-electron chi connectivity index (χ0n) is 14.8. The molecule has 114 valence electrons. The van der Waals surface area contributed by atoms with E-state index in [4.69, 9.17) is 0 Å². The molecule has 0 spiro atoms. The van der Waals surface area contributed by atoms with Crippen molar-refractivity contribution in [3.05, 3.63) is 0 Å². The van der Waals surface area contributed by atoms with Crippen LogP contribution in [-0.4, -0.2) is 95.2 Å². The second-order valence-corrected chi connectivity index (χ2v) is 30.7. The predicted molar refractivity (Wildman–Crippen MR) is 95.3 cm³/mol. The van der Waals surface area contributed by atoms with Crippen LogP contribution in [-0.2, 0) is 19.5 Å². The van der Waals surface area contributed by atoms with Crippen LogP contribution in [0.4, 0.5) is 0 Å². The maximum Gasteiger partial charge on any atom is 2.00 e. The van der Waals surface area contributed by atoms with E-state index < -0.39 is 13.4 Å². The molecule has 0 bridgehead atoms. The fourth-order valence-corrected chi connectivity index (χ4v) is 0.400. The minimum atomic E-state index is -0.736. The number of likely N-dealkylation sites (N-methyl/N-ethyl adjacent to an activating group) is 2. The van der Waals surface area contributed by atoms with Crippen LogP contribution in [0.2, 0.25) is 39.3 Å². The molecule has 0 atom stereocenters. The summed E-state index contributed by atoms with van der Waals surface area (Å²) in [4.78, 5) is 4.36. The summed E-state index contributed by atoms with van der Waals surface area (Å²) < 4.78 is 0. The van der Waals surface area contributed by atoms with Crippen molar-refractivity contribution in [2.75, 3.05) is 41.3 Å². The van der Waals surface area contributed by atoms with Gasteiger partial charge in [0.1, 0.15) is 0 Å². The normalized spacial score (nSPS) is 11.1. The maximum atomic E-state index is 3.12. The standard InChI is InChI=1S/C6H16N2.2C3H9SeSi.Zn/c1-7(2)5-6-8(3)4;2*1-5(2,3)4;/h5-6H2,1-4H3;2*1-3H3;/q;2*-1;+2. The van der Waals surface area contributed by atoms with Crippen molar-refractivity contribution in [2.24, 2.45) is 0 Å². The summed E-state index contributed by atoms with van der Waals surface area (Å²) in [6.45, 7) is 14.4. The molecular weight excluding hydrogens is 452 g/mol. The Balaban J connectivity index is -0.0000000906. The van der Waals surface area contributed by atoms with E-state index in [1.54, 1.807) is 0 Å². The Kier molecular flexibility index (Phi) is 22.9. The van der Waals surface area contributed by atoms with Gasteiger partial charge < -0.3 is 9.80 Å². The van der Waals surface area contributed by atoms with E-state index in [1.807, 2.05) is 0 Å². The Hall–Kier alpha value is 2.02. The zero-order chi connectivity index (χ0) is 15.6. The van der Waals surface area contributed by atoms with Crippen molar-refractivity contribution in [1.29, 1.82) is 0 Å².